The number of anilines is 4. The number of nitrogens with two attached hydrogens (primary N) is 1. The quantitative estimate of drug-likeness (QED) is 0.731. The van der Waals surface area contributed by atoms with Crippen LogP contribution >= 0.6 is 0 Å². The molecule has 1 aromatic carbocycles. The molecule has 2 heterocycles. The van der Waals surface area contributed by atoms with E-state index in [1.165, 1.54) is 33.0 Å². The maximum Gasteiger partial charge on any atom is 0.337 e. The van der Waals surface area contributed by atoms with E-state index >= 15 is 0 Å². The van der Waals surface area contributed by atoms with Crippen molar-refractivity contribution in [2.45, 2.75) is 19.8 Å². The van der Waals surface area contributed by atoms with Gasteiger partial charge in [-0.25, -0.2) is 19.6 Å². The summed E-state index contributed by atoms with van der Waals surface area (Å²) in [7, 11) is 2.54. The fraction of sp³-hybridized carbons (Fsp3) is 0.400. The highest BCUT2D eigenvalue weighted by atomic mass is 16.5. The van der Waals surface area contributed by atoms with Crippen LogP contribution in [0.3, 0.4) is 0 Å². The van der Waals surface area contributed by atoms with Gasteiger partial charge in [-0.3, -0.25) is 0 Å². The highest BCUT2D eigenvalue weighted by Crippen LogP contribution is 2.31. The molecule has 29 heavy (non-hydrogen) atoms. The van der Waals surface area contributed by atoms with Gasteiger partial charge in [0.15, 0.2) is 11.6 Å². The first-order valence-electron chi connectivity index (χ1n) is 9.37. The minimum Gasteiger partial charge on any atom is -0.465 e. The van der Waals surface area contributed by atoms with Crippen molar-refractivity contribution < 1.29 is 19.1 Å². The summed E-state index contributed by atoms with van der Waals surface area (Å²) >= 11 is 0. The zero-order valence-corrected chi connectivity index (χ0v) is 16.8. The number of nitrogen functional groups attached to an aromatic ring is 1. The van der Waals surface area contributed by atoms with Crippen molar-refractivity contribution in [1.29, 1.82) is 0 Å². The lowest BCUT2D eigenvalue weighted by atomic mass is 10.0. The summed E-state index contributed by atoms with van der Waals surface area (Å²) in [5, 5.41) is 3.08. The Morgan fingerprint density at radius 1 is 1.14 bits per heavy atom. The van der Waals surface area contributed by atoms with Gasteiger partial charge in [-0.2, -0.15) is 0 Å². The third-order valence-electron chi connectivity index (χ3n) is 4.86. The van der Waals surface area contributed by atoms with Gasteiger partial charge in [-0.05, 0) is 37.0 Å². The number of rotatable bonds is 5. The van der Waals surface area contributed by atoms with E-state index in [1.54, 1.807) is 12.1 Å². The molecule has 1 aliphatic rings. The van der Waals surface area contributed by atoms with Crippen molar-refractivity contribution in [3.05, 3.63) is 35.7 Å². The molecule has 0 bridgehead atoms. The summed E-state index contributed by atoms with van der Waals surface area (Å²) in [6.07, 6.45) is 3.71. The molecule has 3 N–H and O–H groups in total. The molecule has 2 aromatic rings. The molecule has 1 aromatic heterocycles. The molecule has 0 saturated carbocycles. The minimum atomic E-state index is -0.572. The van der Waals surface area contributed by atoms with Crippen LogP contribution in [0.25, 0.3) is 0 Å². The first kappa shape index (κ1) is 20.4. The average molecular weight is 399 g/mol. The lowest BCUT2D eigenvalue weighted by Crippen LogP contribution is -2.35. The number of hydrogen-bond donors (Lipinski definition) is 2. The number of ether oxygens (including phenoxy) is 2. The molecule has 0 spiro atoms. The predicted molar refractivity (Wildman–Crippen MR) is 109 cm³/mol. The number of aromatic nitrogens is 2. The van der Waals surface area contributed by atoms with E-state index < -0.39 is 11.9 Å². The van der Waals surface area contributed by atoms with E-state index in [2.05, 4.69) is 27.1 Å². The molecule has 1 fully saturated rings. The van der Waals surface area contributed by atoms with Gasteiger partial charge in [-0.1, -0.05) is 6.92 Å². The highest BCUT2D eigenvalue weighted by molar-refractivity contribution is 5.97. The highest BCUT2D eigenvalue weighted by Gasteiger charge is 2.21. The van der Waals surface area contributed by atoms with Gasteiger partial charge in [0.05, 0.1) is 25.3 Å². The van der Waals surface area contributed by atoms with Crippen LogP contribution < -0.4 is 16.0 Å². The zero-order valence-electron chi connectivity index (χ0n) is 16.8. The Bertz CT molecular complexity index is 883. The maximum atomic E-state index is 12.0. The Labute approximate surface area is 169 Å². The van der Waals surface area contributed by atoms with Crippen molar-refractivity contribution in [3.63, 3.8) is 0 Å². The van der Waals surface area contributed by atoms with E-state index in [1.807, 2.05) is 0 Å². The second kappa shape index (κ2) is 8.76. The van der Waals surface area contributed by atoms with Crippen molar-refractivity contribution in [3.8, 4) is 0 Å². The number of methoxy groups -OCH3 is 2. The average Bonchev–Trinajstić information content (AvgIpc) is 2.73. The fourth-order valence-corrected chi connectivity index (χ4v) is 3.43. The van der Waals surface area contributed by atoms with Crippen LogP contribution in [0.4, 0.5) is 23.0 Å². The van der Waals surface area contributed by atoms with Gasteiger partial charge in [0.2, 0.25) is 0 Å². The molecule has 1 saturated heterocycles. The number of hydrogen-bond acceptors (Lipinski definition) is 9. The molecular formula is C20H25N5O4. The number of piperidine rings is 1. The molecule has 1 aliphatic heterocycles. The van der Waals surface area contributed by atoms with Gasteiger partial charge < -0.3 is 25.4 Å². The SMILES string of the molecule is COC(=O)c1cc(Nc2ncnc(N3CCCC(C)C3)c2N)cc(C(=O)OC)c1. The second-order valence-electron chi connectivity index (χ2n) is 7.06. The third-order valence-corrected chi connectivity index (χ3v) is 4.86. The van der Waals surface area contributed by atoms with E-state index in [-0.39, 0.29) is 11.1 Å². The van der Waals surface area contributed by atoms with Crippen LogP contribution in [0.2, 0.25) is 0 Å². The van der Waals surface area contributed by atoms with Crippen LogP contribution in [-0.4, -0.2) is 49.2 Å². The molecule has 0 amide bonds. The van der Waals surface area contributed by atoms with Crippen molar-refractivity contribution in [2.24, 2.45) is 5.92 Å². The molecule has 0 radical (unpaired) electrons. The number of carbonyl (C=O) groups is 2. The van der Waals surface area contributed by atoms with E-state index in [4.69, 9.17) is 15.2 Å². The topological polar surface area (TPSA) is 120 Å². The first-order chi connectivity index (χ1) is 13.9. The van der Waals surface area contributed by atoms with Crippen molar-refractivity contribution in [2.75, 3.05) is 43.3 Å². The fourth-order valence-electron chi connectivity index (χ4n) is 3.43. The normalized spacial score (nSPS) is 16.2. The smallest absolute Gasteiger partial charge is 0.337 e. The molecular weight excluding hydrogens is 374 g/mol. The number of esters is 2. The van der Waals surface area contributed by atoms with E-state index in [9.17, 15) is 9.59 Å². The van der Waals surface area contributed by atoms with Gasteiger partial charge in [0.1, 0.15) is 12.0 Å². The summed E-state index contributed by atoms with van der Waals surface area (Å²) in [6.45, 7) is 3.97. The first-order valence-corrected chi connectivity index (χ1v) is 9.37. The van der Waals surface area contributed by atoms with Gasteiger partial charge in [-0.15, -0.1) is 0 Å². The minimum absolute atomic E-state index is 0.204. The largest absolute Gasteiger partial charge is 0.465 e. The maximum absolute atomic E-state index is 12.0. The molecule has 1 atom stereocenters. The summed E-state index contributed by atoms with van der Waals surface area (Å²) in [5.41, 5.74) is 7.61. The molecule has 9 nitrogen and oxygen atoms in total. The third kappa shape index (κ3) is 4.56. The molecule has 3 rings (SSSR count). The van der Waals surface area contributed by atoms with E-state index in [0.717, 1.165) is 19.5 Å². The molecule has 1 unspecified atom stereocenters. The Kier molecular flexibility index (Phi) is 6.16. The Morgan fingerprint density at radius 3 is 2.38 bits per heavy atom. The molecule has 9 heteroatoms. The summed E-state index contributed by atoms with van der Waals surface area (Å²) in [6, 6.07) is 4.53. The summed E-state index contributed by atoms with van der Waals surface area (Å²) < 4.78 is 9.53. The molecule has 0 aliphatic carbocycles. The Morgan fingerprint density at radius 2 is 1.79 bits per heavy atom. The lowest BCUT2D eigenvalue weighted by Gasteiger charge is -2.32. The van der Waals surface area contributed by atoms with Crippen LogP contribution in [0.1, 0.15) is 40.5 Å². The number of nitrogens with zero attached hydrogens (tertiary/aromatic N) is 3. The van der Waals surface area contributed by atoms with Gasteiger partial charge in [0.25, 0.3) is 0 Å². The predicted octanol–water partition coefficient (Wildman–Crippen LogP) is 2.61. The Balaban J connectivity index is 1.94. The van der Waals surface area contributed by atoms with Crippen LogP contribution in [0.15, 0.2) is 24.5 Å². The Hall–Kier alpha value is -3.36. The van der Waals surface area contributed by atoms with E-state index in [0.29, 0.717) is 28.9 Å². The van der Waals surface area contributed by atoms with Crippen molar-refractivity contribution in [1.82, 2.24) is 9.97 Å². The second-order valence-corrected chi connectivity index (χ2v) is 7.06. The molecule has 154 valence electrons. The van der Waals surface area contributed by atoms with Crippen molar-refractivity contribution >= 4 is 34.9 Å². The van der Waals surface area contributed by atoms with Crippen LogP contribution in [-0.2, 0) is 9.47 Å². The summed E-state index contributed by atoms with van der Waals surface area (Å²) in [5.74, 6) is 0.487. The monoisotopic (exact) mass is 399 g/mol. The van der Waals surface area contributed by atoms with Gasteiger partial charge >= 0.3 is 11.9 Å². The number of nitrogens with one attached hydrogen (secondary N) is 1. The van der Waals surface area contributed by atoms with Crippen LogP contribution in [0.5, 0.6) is 0 Å². The lowest BCUT2D eigenvalue weighted by molar-refractivity contribution is 0.0599. The number of carbonyl (C=O) groups excluding carboxylic acids is 2. The standard InChI is InChI=1S/C20H25N5O4/c1-12-5-4-6-25(10-12)18-16(21)17(22-11-23-18)24-15-8-13(19(26)28-2)7-14(9-15)20(27)29-3/h7-9,11-12H,4-6,10,21H2,1-3H3,(H,22,23,24). The van der Waals surface area contributed by atoms with Crippen LogP contribution in [0, 0.1) is 5.92 Å². The summed E-state index contributed by atoms with van der Waals surface area (Å²) in [4.78, 5) is 34.7. The zero-order chi connectivity index (χ0) is 21.0. The number of benzene rings is 1. The van der Waals surface area contributed by atoms with Gasteiger partial charge in [0, 0.05) is 18.8 Å².